The Balaban J connectivity index is 1.91. The minimum Gasteiger partial charge on any atom is -0.332 e. The molecule has 1 aromatic heterocycles. The molecule has 17 heavy (non-hydrogen) atoms. The first-order chi connectivity index (χ1) is 8.04. The molecule has 0 radical (unpaired) electrons. The highest BCUT2D eigenvalue weighted by molar-refractivity contribution is 8.15. The molecule has 1 N–H and O–H groups in total. The van der Waals surface area contributed by atoms with Gasteiger partial charge in [-0.05, 0) is 19.3 Å². The van der Waals surface area contributed by atoms with E-state index < -0.39 is 0 Å². The van der Waals surface area contributed by atoms with E-state index in [9.17, 15) is 0 Å². The molecular formula is C12H20N4S. The van der Waals surface area contributed by atoms with Gasteiger partial charge in [-0.15, -0.1) is 0 Å². The summed E-state index contributed by atoms with van der Waals surface area (Å²) in [7, 11) is 1.93. The van der Waals surface area contributed by atoms with Crippen LogP contribution in [-0.2, 0) is 7.05 Å². The molecule has 1 unspecified atom stereocenters. The lowest BCUT2D eigenvalue weighted by atomic mass is 10.1. The highest BCUT2D eigenvalue weighted by Gasteiger charge is 2.21. The minimum absolute atomic E-state index is 0.634. The van der Waals surface area contributed by atoms with E-state index in [0.29, 0.717) is 5.25 Å². The van der Waals surface area contributed by atoms with E-state index in [1.165, 1.54) is 6.42 Å². The average Bonchev–Trinajstić information content (AvgIpc) is 2.74. The molecule has 1 aromatic rings. The third-order valence-corrected chi connectivity index (χ3v) is 3.84. The number of anilines is 1. The zero-order valence-electron chi connectivity index (χ0n) is 10.9. The Morgan fingerprint density at radius 3 is 2.94 bits per heavy atom. The first-order valence-electron chi connectivity index (χ1n) is 6.03. The summed E-state index contributed by atoms with van der Waals surface area (Å²) >= 11 is 1.85. The summed E-state index contributed by atoms with van der Waals surface area (Å²) in [5.41, 5.74) is 2.08. The summed E-state index contributed by atoms with van der Waals surface area (Å²) in [6.07, 6.45) is 3.22. The molecule has 4 nitrogen and oxygen atoms in total. The van der Waals surface area contributed by atoms with Crippen molar-refractivity contribution in [3.63, 3.8) is 0 Å². The first-order valence-corrected chi connectivity index (χ1v) is 6.91. The van der Waals surface area contributed by atoms with Crippen molar-refractivity contribution in [2.45, 2.75) is 32.4 Å². The fourth-order valence-corrected chi connectivity index (χ4v) is 3.24. The van der Waals surface area contributed by atoms with Gasteiger partial charge in [-0.2, -0.15) is 5.10 Å². The molecule has 0 spiro atoms. The van der Waals surface area contributed by atoms with Crippen molar-refractivity contribution in [1.82, 2.24) is 9.78 Å². The second-order valence-electron chi connectivity index (χ2n) is 4.94. The largest absolute Gasteiger partial charge is 0.332 e. The van der Waals surface area contributed by atoms with Gasteiger partial charge in [0.1, 0.15) is 0 Å². The summed E-state index contributed by atoms with van der Waals surface area (Å²) in [4.78, 5) is 4.55. The van der Waals surface area contributed by atoms with Crippen LogP contribution in [0.25, 0.3) is 0 Å². The van der Waals surface area contributed by atoms with Crippen LogP contribution in [0.2, 0.25) is 0 Å². The van der Waals surface area contributed by atoms with Crippen molar-refractivity contribution >= 4 is 22.6 Å². The van der Waals surface area contributed by atoms with Crippen LogP contribution in [0.5, 0.6) is 0 Å². The first kappa shape index (κ1) is 12.5. The second kappa shape index (κ2) is 5.12. The molecule has 0 saturated heterocycles. The summed E-state index contributed by atoms with van der Waals surface area (Å²) in [6, 6.07) is 0. The third-order valence-electron chi connectivity index (χ3n) is 2.71. The number of aryl methyl sites for hydroxylation is 2. The molecule has 0 saturated carbocycles. The lowest BCUT2D eigenvalue weighted by molar-refractivity contribution is 0.575. The molecule has 1 aliphatic heterocycles. The lowest BCUT2D eigenvalue weighted by Gasteiger charge is -2.10. The zero-order valence-corrected chi connectivity index (χ0v) is 11.7. The molecule has 94 valence electrons. The normalized spacial score (nSPS) is 19.8. The molecule has 1 aliphatic rings. The topological polar surface area (TPSA) is 42.2 Å². The number of nitrogens with one attached hydrogen (secondary N) is 1. The van der Waals surface area contributed by atoms with Crippen molar-refractivity contribution in [2.75, 3.05) is 11.9 Å². The molecule has 1 atom stereocenters. The maximum Gasteiger partial charge on any atom is 0.161 e. The second-order valence-corrected chi connectivity index (χ2v) is 6.23. The van der Waals surface area contributed by atoms with Gasteiger partial charge in [0.15, 0.2) is 5.17 Å². The van der Waals surface area contributed by atoms with Crippen LogP contribution in [0.1, 0.15) is 26.0 Å². The van der Waals surface area contributed by atoms with E-state index in [0.717, 1.165) is 29.0 Å². The molecule has 0 aliphatic carbocycles. The summed E-state index contributed by atoms with van der Waals surface area (Å²) in [5, 5.41) is 9.34. The van der Waals surface area contributed by atoms with Gasteiger partial charge in [0, 0.05) is 18.5 Å². The van der Waals surface area contributed by atoms with Crippen LogP contribution in [0.4, 0.5) is 5.69 Å². The Morgan fingerprint density at radius 1 is 1.59 bits per heavy atom. The SMILES string of the molecule is Cc1nn(C)cc1NC1=NCC(CC(C)C)S1. The van der Waals surface area contributed by atoms with Crippen LogP contribution < -0.4 is 5.32 Å². The number of aliphatic imine (C=N–C) groups is 1. The van der Waals surface area contributed by atoms with Crippen LogP contribution >= 0.6 is 11.8 Å². The Kier molecular flexibility index (Phi) is 3.76. The fraction of sp³-hybridized carbons (Fsp3) is 0.667. The molecule has 0 fully saturated rings. The van der Waals surface area contributed by atoms with Gasteiger partial charge in [0.2, 0.25) is 0 Å². The van der Waals surface area contributed by atoms with Crippen molar-refractivity contribution in [3.8, 4) is 0 Å². The Bertz CT molecular complexity index is 422. The van der Waals surface area contributed by atoms with Crippen molar-refractivity contribution < 1.29 is 0 Å². The van der Waals surface area contributed by atoms with Gasteiger partial charge in [0.05, 0.1) is 17.9 Å². The predicted octanol–water partition coefficient (Wildman–Crippen LogP) is 2.66. The number of rotatable bonds is 3. The monoisotopic (exact) mass is 252 g/mol. The van der Waals surface area contributed by atoms with Crippen LogP contribution in [0, 0.1) is 12.8 Å². The van der Waals surface area contributed by atoms with Crippen molar-refractivity contribution in [2.24, 2.45) is 18.0 Å². The van der Waals surface area contributed by atoms with Crippen LogP contribution in [-0.4, -0.2) is 26.7 Å². The summed E-state index contributed by atoms with van der Waals surface area (Å²) in [5.74, 6) is 0.738. The van der Waals surface area contributed by atoms with Gasteiger partial charge in [-0.3, -0.25) is 9.67 Å². The zero-order chi connectivity index (χ0) is 12.4. The number of thioether (sulfide) groups is 1. The number of amidine groups is 1. The van der Waals surface area contributed by atoms with Gasteiger partial charge < -0.3 is 5.32 Å². The predicted molar refractivity (Wildman–Crippen MR) is 74.7 cm³/mol. The quantitative estimate of drug-likeness (QED) is 0.899. The van der Waals surface area contributed by atoms with E-state index in [1.54, 1.807) is 0 Å². The molecule has 0 amide bonds. The number of hydrogen-bond donors (Lipinski definition) is 1. The van der Waals surface area contributed by atoms with Gasteiger partial charge >= 0.3 is 0 Å². The van der Waals surface area contributed by atoms with Gasteiger partial charge in [0.25, 0.3) is 0 Å². The molecule has 5 heteroatoms. The highest BCUT2D eigenvalue weighted by Crippen LogP contribution is 2.27. The number of hydrogen-bond acceptors (Lipinski definition) is 4. The van der Waals surface area contributed by atoms with Crippen molar-refractivity contribution in [3.05, 3.63) is 11.9 Å². The van der Waals surface area contributed by atoms with Gasteiger partial charge in [-0.1, -0.05) is 25.6 Å². The smallest absolute Gasteiger partial charge is 0.161 e. The molecule has 0 aromatic carbocycles. The molecule has 0 bridgehead atoms. The van der Waals surface area contributed by atoms with Gasteiger partial charge in [-0.25, -0.2) is 0 Å². The average molecular weight is 252 g/mol. The maximum atomic E-state index is 4.55. The van der Waals surface area contributed by atoms with E-state index >= 15 is 0 Å². The minimum atomic E-state index is 0.634. The summed E-state index contributed by atoms with van der Waals surface area (Å²) < 4.78 is 1.82. The Hall–Kier alpha value is -0.970. The molecule has 2 rings (SSSR count). The van der Waals surface area contributed by atoms with E-state index in [-0.39, 0.29) is 0 Å². The van der Waals surface area contributed by atoms with E-state index in [2.05, 4.69) is 29.3 Å². The molecular weight excluding hydrogens is 232 g/mol. The third kappa shape index (κ3) is 3.25. The lowest BCUT2D eigenvalue weighted by Crippen LogP contribution is -2.09. The van der Waals surface area contributed by atoms with Crippen molar-refractivity contribution in [1.29, 1.82) is 0 Å². The van der Waals surface area contributed by atoms with E-state index in [1.807, 2.05) is 36.6 Å². The molecule has 2 heterocycles. The number of aromatic nitrogens is 2. The van der Waals surface area contributed by atoms with Crippen LogP contribution in [0.15, 0.2) is 11.2 Å². The standard InChI is InChI=1S/C12H20N4S/c1-8(2)5-10-6-13-12(17-10)14-11-7-16(4)15-9(11)3/h7-8,10H,5-6H2,1-4H3,(H,13,14). The maximum absolute atomic E-state index is 4.55. The number of nitrogens with zero attached hydrogens (tertiary/aromatic N) is 3. The van der Waals surface area contributed by atoms with E-state index in [4.69, 9.17) is 0 Å². The Labute approximate surface area is 107 Å². The Morgan fingerprint density at radius 2 is 2.35 bits per heavy atom. The fourth-order valence-electron chi connectivity index (χ4n) is 1.97. The highest BCUT2D eigenvalue weighted by atomic mass is 32.2. The summed E-state index contributed by atoms with van der Waals surface area (Å²) in [6.45, 7) is 7.47. The van der Waals surface area contributed by atoms with Crippen LogP contribution in [0.3, 0.4) is 0 Å².